The van der Waals surface area contributed by atoms with Crippen LogP contribution in [-0.2, 0) is 16.1 Å². The topological polar surface area (TPSA) is 104 Å². The number of carbonyl (C=O) groups is 1. The summed E-state index contributed by atoms with van der Waals surface area (Å²) in [5.41, 5.74) is 0.910. The van der Waals surface area contributed by atoms with Gasteiger partial charge in [0.25, 0.3) is 5.69 Å². The summed E-state index contributed by atoms with van der Waals surface area (Å²) in [6, 6.07) is 6.58. The van der Waals surface area contributed by atoms with Crippen LogP contribution < -0.4 is 5.32 Å². The van der Waals surface area contributed by atoms with Gasteiger partial charge in [0, 0.05) is 65.0 Å². The molecule has 166 valence electrons. The van der Waals surface area contributed by atoms with Gasteiger partial charge in [0.05, 0.1) is 24.7 Å². The molecule has 0 bridgehead atoms. The number of halogens is 1. The quantitative estimate of drug-likeness (QED) is 0.197. The molecule has 0 aromatic heterocycles. The maximum atomic E-state index is 12.4. The zero-order valence-corrected chi connectivity index (χ0v) is 19.5. The average Bonchev–Trinajstić information content (AvgIpc) is 2.76. The molecule has 0 aliphatic carbocycles. The zero-order chi connectivity index (χ0) is 20.6. The predicted octanol–water partition coefficient (Wildman–Crippen LogP) is 0.765. The molecule has 11 heteroatoms. The van der Waals surface area contributed by atoms with Crippen molar-refractivity contribution in [2.24, 2.45) is 4.99 Å². The highest BCUT2D eigenvalue weighted by Gasteiger charge is 2.24. The van der Waals surface area contributed by atoms with Crippen LogP contribution in [0.25, 0.3) is 0 Å². The molecular formula is C19H29IN6O4. The fraction of sp³-hybridized carbons (Fsp3) is 0.579. The minimum absolute atomic E-state index is 0. The SMILES string of the molecule is CN=C(NCc1cccc([N+](=O)[O-])c1)N1CCN(CC(=O)N2CCOCC2)CC1.I. The van der Waals surface area contributed by atoms with E-state index in [9.17, 15) is 14.9 Å². The number of amides is 1. The molecule has 1 amide bonds. The number of hydrogen-bond donors (Lipinski definition) is 1. The molecule has 0 spiro atoms. The van der Waals surface area contributed by atoms with E-state index in [1.54, 1.807) is 19.2 Å². The standard InChI is InChI=1S/C19H28N6O4.HI/c1-20-19(21-14-16-3-2-4-17(13-16)25(27)28)24-7-5-22(6-8-24)15-18(26)23-9-11-29-12-10-23;/h2-4,13H,5-12,14-15H2,1H3,(H,20,21);1H. The van der Waals surface area contributed by atoms with Crippen LogP contribution >= 0.6 is 24.0 Å². The highest BCUT2D eigenvalue weighted by molar-refractivity contribution is 14.0. The third kappa shape index (κ3) is 6.77. The summed E-state index contributed by atoms with van der Waals surface area (Å²) in [7, 11) is 1.73. The fourth-order valence-electron chi connectivity index (χ4n) is 3.52. The molecule has 0 unspecified atom stereocenters. The number of non-ortho nitro benzene ring substituents is 1. The number of rotatable bonds is 5. The van der Waals surface area contributed by atoms with Gasteiger partial charge < -0.3 is 19.9 Å². The number of benzene rings is 1. The molecule has 2 fully saturated rings. The second kappa shape index (κ2) is 12.0. The van der Waals surface area contributed by atoms with Gasteiger partial charge in [0.2, 0.25) is 5.91 Å². The molecule has 2 heterocycles. The smallest absolute Gasteiger partial charge is 0.269 e. The zero-order valence-electron chi connectivity index (χ0n) is 17.2. The summed E-state index contributed by atoms with van der Waals surface area (Å²) in [6.45, 7) is 6.59. The number of ether oxygens (including phenoxy) is 1. The molecule has 2 saturated heterocycles. The van der Waals surface area contributed by atoms with E-state index in [0.717, 1.165) is 37.7 Å². The number of nitrogens with zero attached hydrogens (tertiary/aromatic N) is 5. The van der Waals surface area contributed by atoms with E-state index in [-0.39, 0.29) is 35.6 Å². The van der Waals surface area contributed by atoms with Gasteiger partial charge in [0.1, 0.15) is 0 Å². The molecule has 1 aromatic carbocycles. The monoisotopic (exact) mass is 532 g/mol. The minimum Gasteiger partial charge on any atom is -0.378 e. The van der Waals surface area contributed by atoms with E-state index in [1.807, 2.05) is 11.0 Å². The van der Waals surface area contributed by atoms with Crippen LogP contribution in [0.3, 0.4) is 0 Å². The Kier molecular flexibility index (Phi) is 9.72. The van der Waals surface area contributed by atoms with Crippen LogP contribution in [0.15, 0.2) is 29.3 Å². The largest absolute Gasteiger partial charge is 0.378 e. The van der Waals surface area contributed by atoms with Gasteiger partial charge in [-0.25, -0.2) is 0 Å². The summed E-state index contributed by atoms with van der Waals surface area (Å²) in [4.78, 5) is 33.4. The summed E-state index contributed by atoms with van der Waals surface area (Å²) in [5.74, 6) is 0.922. The second-order valence-corrected chi connectivity index (χ2v) is 7.08. The van der Waals surface area contributed by atoms with Crippen LogP contribution in [0.1, 0.15) is 5.56 Å². The second-order valence-electron chi connectivity index (χ2n) is 7.08. The molecule has 0 saturated carbocycles. The van der Waals surface area contributed by atoms with E-state index in [4.69, 9.17) is 4.74 Å². The number of piperazine rings is 1. The first kappa shape index (κ1) is 24.3. The van der Waals surface area contributed by atoms with Crippen molar-refractivity contribution in [3.05, 3.63) is 39.9 Å². The Morgan fingerprint density at radius 3 is 2.50 bits per heavy atom. The van der Waals surface area contributed by atoms with E-state index < -0.39 is 4.92 Å². The lowest BCUT2D eigenvalue weighted by molar-refractivity contribution is -0.384. The summed E-state index contributed by atoms with van der Waals surface area (Å²) < 4.78 is 5.30. The van der Waals surface area contributed by atoms with Crippen LogP contribution in [-0.4, -0.2) is 97.6 Å². The van der Waals surface area contributed by atoms with Crippen molar-refractivity contribution in [1.82, 2.24) is 20.0 Å². The third-order valence-corrected chi connectivity index (χ3v) is 5.18. The lowest BCUT2D eigenvalue weighted by Gasteiger charge is -2.37. The Morgan fingerprint density at radius 2 is 1.87 bits per heavy atom. The fourth-order valence-corrected chi connectivity index (χ4v) is 3.52. The number of nitrogens with one attached hydrogen (secondary N) is 1. The van der Waals surface area contributed by atoms with Crippen LogP contribution in [0, 0.1) is 10.1 Å². The van der Waals surface area contributed by atoms with Crippen molar-refractivity contribution in [3.63, 3.8) is 0 Å². The van der Waals surface area contributed by atoms with Crippen molar-refractivity contribution >= 4 is 41.5 Å². The summed E-state index contributed by atoms with van der Waals surface area (Å²) in [6.07, 6.45) is 0. The van der Waals surface area contributed by atoms with Crippen molar-refractivity contribution in [2.45, 2.75) is 6.54 Å². The van der Waals surface area contributed by atoms with E-state index in [2.05, 4.69) is 20.1 Å². The number of aliphatic imine (C=N–C) groups is 1. The minimum atomic E-state index is -0.393. The number of morpholine rings is 1. The number of nitro benzene ring substituents is 1. The number of carbonyl (C=O) groups excluding carboxylic acids is 1. The molecule has 30 heavy (non-hydrogen) atoms. The maximum absolute atomic E-state index is 12.4. The molecule has 3 rings (SSSR count). The maximum Gasteiger partial charge on any atom is 0.269 e. The molecule has 2 aliphatic rings. The first-order chi connectivity index (χ1) is 14.1. The average molecular weight is 532 g/mol. The molecule has 1 N–H and O–H groups in total. The molecule has 2 aliphatic heterocycles. The molecular weight excluding hydrogens is 503 g/mol. The third-order valence-electron chi connectivity index (χ3n) is 5.18. The van der Waals surface area contributed by atoms with Crippen molar-refractivity contribution in [1.29, 1.82) is 0 Å². The van der Waals surface area contributed by atoms with Gasteiger partial charge in [0.15, 0.2) is 5.96 Å². The predicted molar refractivity (Wildman–Crippen MR) is 124 cm³/mol. The molecule has 0 atom stereocenters. The summed E-state index contributed by atoms with van der Waals surface area (Å²) >= 11 is 0. The Bertz CT molecular complexity index is 748. The Balaban J connectivity index is 0.00000320. The Hall–Kier alpha value is -1.99. The highest BCUT2D eigenvalue weighted by Crippen LogP contribution is 2.13. The lowest BCUT2D eigenvalue weighted by atomic mass is 10.2. The van der Waals surface area contributed by atoms with Crippen LogP contribution in [0.4, 0.5) is 5.69 Å². The van der Waals surface area contributed by atoms with Gasteiger partial charge in [-0.1, -0.05) is 12.1 Å². The van der Waals surface area contributed by atoms with E-state index in [1.165, 1.54) is 6.07 Å². The lowest BCUT2D eigenvalue weighted by Crippen LogP contribution is -2.54. The van der Waals surface area contributed by atoms with Crippen molar-refractivity contribution in [3.8, 4) is 0 Å². The van der Waals surface area contributed by atoms with Crippen LogP contribution in [0.5, 0.6) is 0 Å². The Labute approximate surface area is 193 Å². The van der Waals surface area contributed by atoms with E-state index in [0.29, 0.717) is 39.4 Å². The molecule has 0 radical (unpaired) electrons. The number of guanidine groups is 1. The number of hydrogen-bond acceptors (Lipinski definition) is 6. The van der Waals surface area contributed by atoms with E-state index >= 15 is 0 Å². The van der Waals surface area contributed by atoms with Gasteiger partial charge in [-0.05, 0) is 5.56 Å². The van der Waals surface area contributed by atoms with Crippen molar-refractivity contribution in [2.75, 3.05) is 66.1 Å². The van der Waals surface area contributed by atoms with Gasteiger partial charge >= 0.3 is 0 Å². The molecule has 1 aromatic rings. The van der Waals surface area contributed by atoms with Crippen molar-refractivity contribution < 1.29 is 14.5 Å². The first-order valence-electron chi connectivity index (χ1n) is 9.83. The highest BCUT2D eigenvalue weighted by atomic mass is 127. The molecule has 10 nitrogen and oxygen atoms in total. The number of nitro groups is 1. The van der Waals surface area contributed by atoms with Crippen LogP contribution in [0.2, 0.25) is 0 Å². The first-order valence-corrected chi connectivity index (χ1v) is 9.83. The summed E-state index contributed by atoms with van der Waals surface area (Å²) in [5, 5.41) is 14.2. The normalized spacial score (nSPS) is 18.0. The van der Waals surface area contributed by atoms with Gasteiger partial charge in [-0.15, -0.1) is 24.0 Å². The Morgan fingerprint density at radius 1 is 1.17 bits per heavy atom. The van der Waals surface area contributed by atoms with Gasteiger partial charge in [-0.2, -0.15) is 0 Å². The van der Waals surface area contributed by atoms with Gasteiger partial charge in [-0.3, -0.25) is 24.8 Å².